The van der Waals surface area contributed by atoms with Crippen LogP contribution in [0, 0.1) is 11.6 Å². The second-order valence-electron chi connectivity index (χ2n) is 3.13. The van der Waals surface area contributed by atoms with Crippen molar-refractivity contribution in [3.05, 3.63) is 54.1 Å². The second-order valence-corrected chi connectivity index (χ2v) is 3.13. The Bertz CT molecular complexity index is 480. The van der Waals surface area contributed by atoms with Gasteiger partial charge in [-0.1, -0.05) is 30.3 Å². The van der Waals surface area contributed by atoms with Crippen molar-refractivity contribution in [3.63, 3.8) is 0 Å². The molecule has 0 amide bonds. The fraction of sp³-hybridized carbons (Fsp3) is 0. The summed E-state index contributed by atoms with van der Waals surface area (Å²) in [5.74, 6) is -2.91. The minimum Gasteiger partial charge on any atom is -0.505 e. The third kappa shape index (κ3) is 1.68. The van der Waals surface area contributed by atoms with Gasteiger partial charge in [-0.15, -0.1) is 0 Å². The van der Waals surface area contributed by atoms with Gasteiger partial charge in [0.15, 0.2) is 11.6 Å². The maximum Gasteiger partial charge on any atom is 0.200 e. The Kier molecular flexibility index (Phi) is 2.37. The molecule has 0 aliphatic rings. The summed E-state index contributed by atoms with van der Waals surface area (Å²) in [5.41, 5.74) is 0.722. The Labute approximate surface area is 85.6 Å². The third-order valence-electron chi connectivity index (χ3n) is 2.15. The van der Waals surface area contributed by atoms with Gasteiger partial charge in [-0.2, -0.15) is 4.39 Å². The first-order valence-corrected chi connectivity index (χ1v) is 4.42. The van der Waals surface area contributed by atoms with Gasteiger partial charge in [0.1, 0.15) is 0 Å². The first kappa shape index (κ1) is 9.65. The van der Waals surface area contributed by atoms with Crippen molar-refractivity contribution in [3.8, 4) is 16.9 Å². The van der Waals surface area contributed by atoms with E-state index in [0.29, 0.717) is 5.56 Å². The monoisotopic (exact) mass is 206 g/mol. The molecule has 0 atom stereocenters. The highest BCUT2D eigenvalue weighted by molar-refractivity contribution is 5.65. The minimum atomic E-state index is -1.21. The summed E-state index contributed by atoms with van der Waals surface area (Å²) in [6.45, 7) is 0. The van der Waals surface area contributed by atoms with Crippen LogP contribution in [0.25, 0.3) is 11.1 Å². The van der Waals surface area contributed by atoms with E-state index in [-0.39, 0.29) is 5.56 Å². The zero-order valence-corrected chi connectivity index (χ0v) is 7.74. The van der Waals surface area contributed by atoms with E-state index in [2.05, 4.69) is 0 Å². The standard InChI is InChI=1S/C12H8F2O/c13-11-9(6-7-10(15)12(11)14)8-4-2-1-3-5-8/h1-7,15H. The molecule has 15 heavy (non-hydrogen) atoms. The van der Waals surface area contributed by atoms with E-state index >= 15 is 0 Å². The summed E-state index contributed by atoms with van der Waals surface area (Å²) < 4.78 is 26.5. The van der Waals surface area contributed by atoms with Crippen molar-refractivity contribution in [2.24, 2.45) is 0 Å². The highest BCUT2D eigenvalue weighted by Crippen LogP contribution is 2.28. The Morgan fingerprint density at radius 3 is 2.13 bits per heavy atom. The summed E-state index contributed by atoms with van der Waals surface area (Å²) >= 11 is 0. The average molecular weight is 206 g/mol. The largest absolute Gasteiger partial charge is 0.505 e. The normalized spacial score (nSPS) is 10.3. The number of phenolic OH excluding ortho intramolecular Hbond substituents is 1. The van der Waals surface area contributed by atoms with Crippen molar-refractivity contribution in [2.45, 2.75) is 0 Å². The van der Waals surface area contributed by atoms with Gasteiger partial charge in [-0.05, 0) is 17.7 Å². The molecule has 0 aliphatic carbocycles. The zero-order chi connectivity index (χ0) is 10.8. The van der Waals surface area contributed by atoms with Gasteiger partial charge in [0.2, 0.25) is 5.82 Å². The topological polar surface area (TPSA) is 20.2 Å². The van der Waals surface area contributed by atoms with E-state index in [1.807, 2.05) is 0 Å². The zero-order valence-electron chi connectivity index (χ0n) is 7.74. The number of aromatic hydroxyl groups is 1. The van der Waals surface area contributed by atoms with E-state index in [1.54, 1.807) is 30.3 Å². The van der Waals surface area contributed by atoms with E-state index in [1.165, 1.54) is 6.07 Å². The van der Waals surface area contributed by atoms with E-state index < -0.39 is 17.4 Å². The van der Waals surface area contributed by atoms with Gasteiger partial charge in [0.05, 0.1) is 0 Å². The molecule has 0 aromatic heterocycles. The molecule has 2 aromatic rings. The fourth-order valence-corrected chi connectivity index (χ4v) is 1.38. The number of rotatable bonds is 1. The van der Waals surface area contributed by atoms with Gasteiger partial charge in [-0.25, -0.2) is 4.39 Å². The predicted molar refractivity (Wildman–Crippen MR) is 53.5 cm³/mol. The van der Waals surface area contributed by atoms with Gasteiger partial charge in [0, 0.05) is 5.56 Å². The van der Waals surface area contributed by atoms with E-state index in [9.17, 15) is 8.78 Å². The summed E-state index contributed by atoms with van der Waals surface area (Å²) in [4.78, 5) is 0. The van der Waals surface area contributed by atoms with Crippen LogP contribution in [0.5, 0.6) is 5.75 Å². The number of halogens is 2. The molecule has 1 nitrogen and oxygen atoms in total. The molecular formula is C12H8F2O. The van der Waals surface area contributed by atoms with Gasteiger partial charge < -0.3 is 5.11 Å². The smallest absolute Gasteiger partial charge is 0.200 e. The van der Waals surface area contributed by atoms with E-state index in [0.717, 1.165) is 6.07 Å². The highest BCUT2D eigenvalue weighted by Gasteiger charge is 2.13. The van der Waals surface area contributed by atoms with Crippen LogP contribution >= 0.6 is 0 Å². The van der Waals surface area contributed by atoms with Crippen molar-refractivity contribution in [1.29, 1.82) is 0 Å². The quantitative estimate of drug-likeness (QED) is 0.758. The maximum atomic E-state index is 13.4. The average Bonchev–Trinajstić information content (AvgIpc) is 2.27. The highest BCUT2D eigenvalue weighted by atomic mass is 19.2. The SMILES string of the molecule is Oc1ccc(-c2ccccc2)c(F)c1F. The Morgan fingerprint density at radius 2 is 1.47 bits per heavy atom. The van der Waals surface area contributed by atoms with Gasteiger partial charge >= 0.3 is 0 Å². The summed E-state index contributed by atoms with van der Waals surface area (Å²) in [6, 6.07) is 11.1. The lowest BCUT2D eigenvalue weighted by Crippen LogP contribution is -1.89. The Balaban J connectivity index is 2.60. The van der Waals surface area contributed by atoms with Gasteiger partial charge in [-0.3, -0.25) is 0 Å². The molecule has 3 heteroatoms. The molecule has 0 saturated heterocycles. The summed E-state index contributed by atoms with van der Waals surface area (Å²) in [6.07, 6.45) is 0. The fourth-order valence-electron chi connectivity index (χ4n) is 1.38. The summed E-state index contributed by atoms with van der Waals surface area (Å²) in [5, 5.41) is 8.96. The molecule has 0 bridgehead atoms. The number of hydrogen-bond acceptors (Lipinski definition) is 1. The van der Waals surface area contributed by atoms with E-state index in [4.69, 9.17) is 5.11 Å². The lowest BCUT2D eigenvalue weighted by atomic mass is 10.0. The van der Waals surface area contributed by atoms with Crippen LogP contribution in [0.15, 0.2) is 42.5 Å². The molecule has 0 spiro atoms. The predicted octanol–water partition coefficient (Wildman–Crippen LogP) is 3.34. The van der Waals surface area contributed by atoms with Crippen molar-refractivity contribution in [2.75, 3.05) is 0 Å². The first-order valence-electron chi connectivity index (χ1n) is 4.42. The van der Waals surface area contributed by atoms with Crippen LogP contribution in [-0.2, 0) is 0 Å². The summed E-state index contributed by atoms with van der Waals surface area (Å²) in [7, 11) is 0. The number of hydrogen-bond donors (Lipinski definition) is 1. The molecule has 76 valence electrons. The van der Waals surface area contributed by atoms with Crippen molar-refractivity contribution in [1.82, 2.24) is 0 Å². The molecule has 2 aromatic carbocycles. The molecule has 0 heterocycles. The number of phenols is 1. The molecule has 0 aliphatic heterocycles. The second kappa shape index (κ2) is 3.69. The molecule has 0 radical (unpaired) electrons. The minimum absolute atomic E-state index is 0.144. The van der Waals surface area contributed by atoms with Crippen LogP contribution in [-0.4, -0.2) is 5.11 Å². The lowest BCUT2D eigenvalue weighted by molar-refractivity contribution is 0.408. The molecule has 2 rings (SSSR count). The Morgan fingerprint density at radius 1 is 0.800 bits per heavy atom. The molecule has 0 saturated carbocycles. The van der Waals surface area contributed by atoms with Gasteiger partial charge in [0.25, 0.3) is 0 Å². The van der Waals surface area contributed by atoms with Crippen LogP contribution in [0.1, 0.15) is 0 Å². The molecule has 1 N–H and O–H groups in total. The third-order valence-corrected chi connectivity index (χ3v) is 2.15. The van der Waals surface area contributed by atoms with Crippen molar-refractivity contribution >= 4 is 0 Å². The molecule has 0 fully saturated rings. The Hall–Kier alpha value is -1.90. The van der Waals surface area contributed by atoms with Crippen LogP contribution < -0.4 is 0 Å². The molecule has 0 unspecified atom stereocenters. The maximum absolute atomic E-state index is 13.4. The van der Waals surface area contributed by atoms with Crippen LogP contribution in [0.2, 0.25) is 0 Å². The van der Waals surface area contributed by atoms with Crippen LogP contribution in [0.3, 0.4) is 0 Å². The first-order chi connectivity index (χ1) is 7.20. The lowest BCUT2D eigenvalue weighted by Gasteiger charge is -2.04. The molecular weight excluding hydrogens is 198 g/mol. The van der Waals surface area contributed by atoms with Crippen LogP contribution in [0.4, 0.5) is 8.78 Å². The van der Waals surface area contributed by atoms with Crippen molar-refractivity contribution < 1.29 is 13.9 Å². The number of benzene rings is 2.